The van der Waals surface area contributed by atoms with E-state index < -0.39 is 5.60 Å². The minimum Gasteiger partial charge on any atom is -0.444 e. The predicted octanol–water partition coefficient (Wildman–Crippen LogP) is 2.51. The summed E-state index contributed by atoms with van der Waals surface area (Å²) in [7, 11) is 1.55. The van der Waals surface area contributed by atoms with Gasteiger partial charge in [0.15, 0.2) is 0 Å². The topological polar surface area (TPSA) is 59.6 Å². The highest BCUT2D eigenvalue weighted by atomic mass is 16.6. The summed E-state index contributed by atoms with van der Waals surface area (Å²) in [5.74, 6) is 0. The fraction of sp³-hybridized carbons (Fsp3) is 0.615. The normalized spacial score (nSPS) is 12.0. The molecule has 0 fully saturated rings. The van der Waals surface area contributed by atoms with Gasteiger partial charge in [0.1, 0.15) is 5.60 Å². The summed E-state index contributed by atoms with van der Waals surface area (Å²) in [6.45, 7) is 6.14. The highest BCUT2D eigenvalue weighted by Crippen LogP contribution is 2.06. The molecular weight excluding hydrogens is 232 g/mol. The largest absolute Gasteiger partial charge is 0.444 e. The van der Waals surface area contributed by atoms with Crippen LogP contribution in [0.4, 0.5) is 4.79 Å². The van der Waals surface area contributed by atoms with Gasteiger partial charge in [-0.05, 0) is 39.7 Å². The van der Waals surface area contributed by atoms with Gasteiger partial charge in [0.2, 0.25) is 0 Å². The molecule has 0 aromatic heterocycles. The van der Waals surface area contributed by atoms with Gasteiger partial charge in [-0.15, -0.1) is 0 Å². The summed E-state index contributed by atoms with van der Waals surface area (Å²) in [4.78, 5) is 15.9. The second-order valence-corrected chi connectivity index (χ2v) is 4.68. The van der Waals surface area contributed by atoms with Gasteiger partial charge in [0.25, 0.3) is 0 Å². The van der Waals surface area contributed by atoms with Crippen molar-refractivity contribution in [3.05, 3.63) is 24.4 Å². The molecule has 0 saturated heterocycles. The Kier molecular flexibility index (Phi) is 8.74. The van der Waals surface area contributed by atoms with E-state index in [1.807, 2.05) is 39.0 Å². The summed E-state index contributed by atoms with van der Waals surface area (Å²) < 4.78 is 5.11. The molecule has 2 N–H and O–H groups in total. The summed E-state index contributed by atoms with van der Waals surface area (Å²) >= 11 is 0. The lowest BCUT2D eigenvalue weighted by molar-refractivity contribution is 0.0527. The van der Waals surface area contributed by atoms with Crippen LogP contribution in [0, 0.1) is 0 Å². The van der Waals surface area contributed by atoms with Crippen LogP contribution in [0.2, 0.25) is 0 Å². The lowest BCUT2D eigenvalue weighted by atomic mass is 10.2. The molecule has 0 aromatic rings. The van der Waals surface area contributed by atoms with Crippen LogP contribution in [0.1, 0.15) is 33.6 Å². The van der Waals surface area contributed by atoms with E-state index in [9.17, 15) is 4.79 Å². The third-order valence-electron chi connectivity index (χ3n) is 1.75. The van der Waals surface area contributed by atoms with Crippen molar-refractivity contribution in [1.82, 2.24) is 10.8 Å². The van der Waals surface area contributed by atoms with Gasteiger partial charge in [-0.25, -0.2) is 4.79 Å². The first-order valence-corrected chi connectivity index (χ1v) is 6.03. The molecular formula is C13H24N2O3. The van der Waals surface area contributed by atoms with E-state index in [-0.39, 0.29) is 6.09 Å². The van der Waals surface area contributed by atoms with Crippen LogP contribution in [0.25, 0.3) is 0 Å². The molecule has 0 heterocycles. The first-order chi connectivity index (χ1) is 8.45. The van der Waals surface area contributed by atoms with Crippen molar-refractivity contribution in [2.45, 2.75) is 39.2 Å². The maximum absolute atomic E-state index is 11.3. The smallest absolute Gasteiger partial charge is 0.407 e. The first-order valence-electron chi connectivity index (χ1n) is 6.03. The quantitative estimate of drug-likeness (QED) is 0.417. The van der Waals surface area contributed by atoms with Gasteiger partial charge in [0.05, 0.1) is 7.11 Å². The second-order valence-electron chi connectivity index (χ2n) is 4.68. The van der Waals surface area contributed by atoms with E-state index in [4.69, 9.17) is 4.74 Å². The van der Waals surface area contributed by atoms with Crippen LogP contribution < -0.4 is 10.8 Å². The predicted molar refractivity (Wildman–Crippen MR) is 71.9 cm³/mol. The number of hydrogen-bond donors (Lipinski definition) is 2. The summed E-state index contributed by atoms with van der Waals surface area (Å²) in [6.07, 6.45) is 8.87. The molecule has 0 aromatic carbocycles. The van der Waals surface area contributed by atoms with Crippen molar-refractivity contribution in [3.63, 3.8) is 0 Å². The Morgan fingerprint density at radius 2 is 2.00 bits per heavy atom. The third-order valence-corrected chi connectivity index (χ3v) is 1.75. The number of hydrogen-bond acceptors (Lipinski definition) is 4. The van der Waals surface area contributed by atoms with Gasteiger partial charge >= 0.3 is 6.09 Å². The zero-order valence-electron chi connectivity index (χ0n) is 11.7. The van der Waals surface area contributed by atoms with Crippen LogP contribution in [0.15, 0.2) is 24.4 Å². The zero-order valence-corrected chi connectivity index (χ0v) is 11.7. The van der Waals surface area contributed by atoms with E-state index in [1.165, 1.54) is 0 Å². The van der Waals surface area contributed by atoms with Crippen molar-refractivity contribution in [2.24, 2.45) is 0 Å². The maximum atomic E-state index is 11.3. The Morgan fingerprint density at radius 1 is 1.28 bits per heavy atom. The van der Waals surface area contributed by atoms with E-state index >= 15 is 0 Å². The van der Waals surface area contributed by atoms with Gasteiger partial charge in [-0.3, -0.25) is 10.3 Å². The van der Waals surface area contributed by atoms with E-state index in [0.717, 1.165) is 12.8 Å². The molecule has 5 nitrogen and oxygen atoms in total. The van der Waals surface area contributed by atoms with Crippen molar-refractivity contribution in [2.75, 3.05) is 13.7 Å². The number of rotatable bonds is 7. The molecule has 0 radical (unpaired) electrons. The molecule has 0 atom stereocenters. The highest BCUT2D eigenvalue weighted by molar-refractivity contribution is 5.67. The van der Waals surface area contributed by atoms with Crippen LogP contribution in [0.3, 0.4) is 0 Å². The Balaban J connectivity index is 3.48. The second kappa shape index (κ2) is 9.53. The maximum Gasteiger partial charge on any atom is 0.407 e. The number of carbonyl (C=O) groups excluding carboxylic acids is 1. The number of nitrogens with one attached hydrogen (secondary N) is 2. The minimum absolute atomic E-state index is 0.365. The molecule has 0 spiro atoms. The number of carbonyl (C=O) groups is 1. The highest BCUT2D eigenvalue weighted by Gasteiger charge is 2.15. The average Bonchev–Trinajstić information content (AvgIpc) is 2.24. The zero-order chi connectivity index (χ0) is 13.9. The first kappa shape index (κ1) is 16.5. The molecule has 0 aliphatic heterocycles. The fourth-order valence-corrected chi connectivity index (χ4v) is 1.06. The lowest BCUT2D eigenvalue weighted by Crippen LogP contribution is -2.32. The van der Waals surface area contributed by atoms with Crippen LogP contribution >= 0.6 is 0 Å². The molecule has 0 aliphatic rings. The number of allylic oxidation sites excluding steroid dienone is 3. The average molecular weight is 256 g/mol. The van der Waals surface area contributed by atoms with Gasteiger partial charge in [-0.2, -0.15) is 0 Å². The molecule has 104 valence electrons. The van der Waals surface area contributed by atoms with Crippen molar-refractivity contribution in [3.8, 4) is 0 Å². The fourth-order valence-electron chi connectivity index (χ4n) is 1.06. The minimum atomic E-state index is -0.441. The Labute approximate surface area is 109 Å². The van der Waals surface area contributed by atoms with E-state index in [1.54, 1.807) is 13.3 Å². The molecule has 0 rings (SSSR count). The Bertz CT molecular complexity index is 280. The van der Waals surface area contributed by atoms with Gasteiger partial charge in [0, 0.05) is 12.7 Å². The molecule has 0 aliphatic carbocycles. The molecule has 18 heavy (non-hydrogen) atoms. The van der Waals surface area contributed by atoms with Crippen molar-refractivity contribution >= 4 is 6.09 Å². The Morgan fingerprint density at radius 3 is 2.61 bits per heavy atom. The van der Waals surface area contributed by atoms with Gasteiger partial charge in [-0.1, -0.05) is 12.2 Å². The van der Waals surface area contributed by atoms with Crippen LogP contribution in [-0.4, -0.2) is 25.3 Å². The number of ether oxygens (including phenoxy) is 1. The summed E-state index contributed by atoms with van der Waals surface area (Å²) in [6, 6.07) is 0. The van der Waals surface area contributed by atoms with Crippen molar-refractivity contribution < 1.29 is 14.4 Å². The van der Waals surface area contributed by atoms with E-state index in [0.29, 0.717) is 6.54 Å². The van der Waals surface area contributed by atoms with Crippen LogP contribution in [0.5, 0.6) is 0 Å². The number of amides is 1. The molecule has 5 heteroatoms. The molecule has 1 amide bonds. The van der Waals surface area contributed by atoms with Crippen molar-refractivity contribution in [1.29, 1.82) is 0 Å². The summed E-state index contributed by atoms with van der Waals surface area (Å²) in [5, 5.41) is 2.70. The number of hydroxylamine groups is 1. The lowest BCUT2D eigenvalue weighted by Gasteiger charge is -2.19. The summed E-state index contributed by atoms with van der Waals surface area (Å²) in [5.41, 5.74) is 2.14. The number of alkyl carbamates (subject to hydrolysis) is 1. The standard InChI is InChI=1S/C13H24N2O3/c1-13(2,3)18-12(16)14-10-8-6-5-7-9-11-15-17-4/h5,7,9,11,15H,6,8,10H2,1-4H3,(H,14,16)/b7-5-,11-9-. The van der Waals surface area contributed by atoms with Gasteiger partial charge < -0.3 is 10.1 Å². The monoisotopic (exact) mass is 256 g/mol. The molecule has 0 bridgehead atoms. The Hall–Kier alpha value is -1.49. The SMILES string of the molecule is CON/C=C\C=C/CCCNC(=O)OC(C)(C)C. The molecule has 0 saturated carbocycles. The molecule has 0 unspecified atom stereocenters. The van der Waals surface area contributed by atoms with E-state index in [2.05, 4.69) is 15.6 Å². The van der Waals surface area contributed by atoms with Crippen LogP contribution in [-0.2, 0) is 9.57 Å². The third kappa shape index (κ3) is 12.6. The number of unbranched alkanes of at least 4 members (excludes halogenated alkanes) is 1.